The summed E-state index contributed by atoms with van der Waals surface area (Å²) >= 11 is 0. The summed E-state index contributed by atoms with van der Waals surface area (Å²) in [5.74, 6) is -0.158. The van der Waals surface area contributed by atoms with Crippen LogP contribution < -0.4 is 5.73 Å². The summed E-state index contributed by atoms with van der Waals surface area (Å²) < 4.78 is 12.9. The normalized spacial score (nSPS) is 20.8. The second-order valence-corrected chi connectivity index (χ2v) is 4.35. The highest BCUT2D eigenvalue weighted by molar-refractivity contribution is 5.85. The molecule has 2 N–H and O–H groups in total. The molecule has 1 aromatic carbocycles. The standard InChI is InChI=1S/C12H17FN2.ClH/c1-9-6-11(13)3-2-10(9)7-15-5-4-12(14)8-15;/h2-3,6,12H,4-5,7-8,14H2,1H3;1H. The summed E-state index contributed by atoms with van der Waals surface area (Å²) in [6.07, 6.45) is 1.07. The number of hydrogen-bond donors (Lipinski definition) is 1. The maximum Gasteiger partial charge on any atom is 0.123 e. The van der Waals surface area contributed by atoms with Crippen LogP contribution in [0.4, 0.5) is 4.39 Å². The Kier molecular flexibility index (Phi) is 4.71. The van der Waals surface area contributed by atoms with Crippen LogP contribution in [0.1, 0.15) is 17.5 Å². The zero-order chi connectivity index (χ0) is 10.8. The highest BCUT2D eigenvalue weighted by Gasteiger charge is 2.19. The fourth-order valence-electron chi connectivity index (χ4n) is 2.08. The first-order chi connectivity index (χ1) is 7.15. The predicted molar refractivity (Wildman–Crippen MR) is 66.3 cm³/mol. The van der Waals surface area contributed by atoms with Gasteiger partial charge in [-0.15, -0.1) is 12.4 Å². The molecule has 1 fully saturated rings. The summed E-state index contributed by atoms with van der Waals surface area (Å²) in [6, 6.07) is 5.30. The molecule has 1 atom stereocenters. The molecule has 1 unspecified atom stereocenters. The largest absolute Gasteiger partial charge is 0.326 e. The minimum Gasteiger partial charge on any atom is -0.326 e. The zero-order valence-corrected chi connectivity index (χ0v) is 10.3. The van der Waals surface area contributed by atoms with Crippen molar-refractivity contribution >= 4 is 12.4 Å². The smallest absolute Gasteiger partial charge is 0.123 e. The van der Waals surface area contributed by atoms with Crippen molar-refractivity contribution in [2.24, 2.45) is 5.73 Å². The van der Waals surface area contributed by atoms with Gasteiger partial charge >= 0.3 is 0 Å². The Morgan fingerprint density at radius 2 is 2.25 bits per heavy atom. The molecule has 0 aliphatic carbocycles. The first-order valence-corrected chi connectivity index (χ1v) is 5.38. The number of benzene rings is 1. The van der Waals surface area contributed by atoms with Crippen LogP contribution in [0.15, 0.2) is 18.2 Å². The highest BCUT2D eigenvalue weighted by atomic mass is 35.5. The minimum atomic E-state index is -0.158. The maximum atomic E-state index is 12.9. The van der Waals surface area contributed by atoms with E-state index in [0.29, 0.717) is 6.04 Å². The molecule has 0 amide bonds. The van der Waals surface area contributed by atoms with Crippen molar-refractivity contribution < 1.29 is 4.39 Å². The Hall–Kier alpha value is -0.640. The van der Waals surface area contributed by atoms with Gasteiger partial charge in [0.15, 0.2) is 0 Å². The van der Waals surface area contributed by atoms with E-state index in [1.807, 2.05) is 13.0 Å². The van der Waals surface area contributed by atoms with E-state index >= 15 is 0 Å². The fourth-order valence-corrected chi connectivity index (χ4v) is 2.08. The molecule has 1 saturated heterocycles. The summed E-state index contributed by atoms with van der Waals surface area (Å²) in [6.45, 7) is 4.85. The molecule has 1 aliphatic rings. The average Bonchev–Trinajstić information content (AvgIpc) is 2.56. The van der Waals surface area contributed by atoms with Crippen LogP contribution in [-0.4, -0.2) is 24.0 Å². The zero-order valence-electron chi connectivity index (χ0n) is 9.45. The predicted octanol–water partition coefficient (Wildman–Crippen LogP) is 2.09. The van der Waals surface area contributed by atoms with Crippen molar-refractivity contribution in [3.05, 3.63) is 35.1 Å². The Balaban J connectivity index is 0.00000128. The fraction of sp³-hybridized carbons (Fsp3) is 0.500. The number of hydrogen-bond acceptors (Lipinski definition) is 2. The van der Waals surface area contributed by atoms with Crippen LogP contribution in [0.3, 0.4) is 0 Å². The van der Waals surface area contributed by atoms with Crippen LogP contribution in [-0.2, 0) is 6.54 Å². The molecule has 2 rings (SSSR count). The van der Waals surface area contributed by atoms with Gasteiger partial charge in [-0.2, -0.15) is 0 Å². The second kappa shape index (κ2) is 5.62. The number of nitrogens with zero attached hydrogens (tertiary/aromatic N) is 1. The Morgan fingerprint density at radius 1 is 1.50 bits per heavy atom. The second-order valence-electron chi connectivity index (χ2n) is 4.35. The first-order valence-electron chi connectivity index (χ1n) is 5.38. The lowest BCUT2D eigenvalue weighted by Gasteiger charge is -2.16. The molecular weight excluding hydrogens is 227 g/mol. The number of nitrogens with two attached hydrogens (primary N) is 1. The SMILES string of the molecule is Cc1cc(F)ccc1CN1CCC(N)C1.Cl. The lowest BCUT2D eigenvalue weighted by molar-refractivity contribution is 0.326. The highest BCUT2D eigenvalue weighted by Crippen LogP contribution is 2.16. The van der Waals surface area contributed by atoms with Crippen molar-refractivity contribution in [3.8, 4) is 0 Å². The van der Waals surface area contributed by atoms with Gasteiger partial charge in [-0.3, -0.25) is 4.90 Å². The van der Waals surface area contributed by atoms with Gasteiger partial charge in [-0.25, -0.2) is 4.39 Å². The van der Waals surface area contributed by atoms with Crippen molar-refractivity contribution in [2.45, 2.75) is 25.9 Å². The van der Waals surface area contributed by atoms with Gasteiger partial charge in [0.25, 0.3) is 0 Å². The molecule has 0 saturated carbocycles. The van der Waals surface area contributed by atoms with Crippen molar-refractivity contribution in [3.63, 3.8) is 0 Å². The summed E-state index contributed by atoms with van der Waals surface area (Å²) in [4.78, 5) is 2.32. The number of halogens is 2. The van der Waals surface area contributed by atoms with E-state index in [1.54, 1.807) is 6.07 Å². The lowest BCUT2D eigenvalue weighted by atomic mass is 10.1. The van der Waals surface area contributed by atoms with Gasteiger partial charge < -0.3 is 5.73 Å². The summed E-state index contributed by atoms with van der Waals surface area (Å²) in [5.41, 5.74) is 8.06. The Labute approximate surface area is 102 Å². The van der Waals surface area contributed by atoms with Gasteiger partial charge in [0.05, 0.1) is 0 Å². The third-order valence-electron chi connectivity index (χ3n) is 3.01. The monoisotopic (exact) mass is 244 g/mol. The third-order valence-corrected chi connectivity index (χ3v) is 3.01. The molecule has 0 aromatic heterocycles. The van der Waals surface area contributed by atoms with E-state index in [0.717, 1.165) is 31.6 Å². The quantitative estimate of drug-likeness (QED) is 0.863. The number of likely N-dealkylation sites (tertiary alicyclic amines) is 1. The first kappa shape index (κ1) is 13.4. The Morgan fingerprint density at radius 3 is 2.81 bits per heavy atom. The average molecular weight is 245 g/mol. The summed E-state index contributed by atoms with van der Waals surface area (Å²) in [5, 5.41) is 0. The molecule has 0 bridgehead atoms. The third kappa shape index (κ3) is 3.17. The van der Waals surface area contributed by atoms with Gasteiger partial charge in [0, 0.05) is 25.7 Å². The van der Waals surface area contributed by atoms with Gasteiger partial charge in [-0.1, -0.05) is 6.07 Å². The molecule has 16 heavy (non-hydrogen) atoms. The van der Waals surface area contributed by atoms with Crippen molar-refractivity contribution in [1.29, 1.82) is 0 Å². The molecule has 1 aromatic rings. The molecule has 0 radical (unpaired) electrons. The molecule has 2 nitrogen and oxygen atoms in total. The van der Waals surface area contributed by atoms with Gasteiger partial charge in [-0.05, 0) is 36.6 Å². The molecule has 4 heteroatoms. The topological polar surface area (TPSA) is 29.3 Å². The number of aryl methyl sites for hydroxylation is 1. The van der Waals surface area contributed by atoms with Crippen LogP contribution in [0, 0.1) is 12.7 Å². The number of rotatable bonds is 2. The maximum absolute atomic E-state index is 12.9. The minimum absolute atomic E-state index is 0. The van der Waals surface area contributed by atoms with E-state index in [2.05, 4.69) is 4.90 Å². The molecule has 90 valence electrons. The van der Waals surface area contributed by atoms with Crippen molar-refractivity contribution in [2.75, 3.05) is 13.1 Å². The van der Waals surface area contributed by atoms with Crippen molar-refractivity contribution in [1.82, 2.24) is 4.90 Å². The van der Waals surface area contributed by atoms with E-state index in [-0.39, 0.29) is 18.2 Å². The van der Waals surface area contributed by atoms with Crippen LogP contribution in [0.5, 0.6) is 0 Å². The van der Waals surface area contributed by atoms with E-state index < -0.39 is 0 Å². The lowest BCUT2D eigenvalue weighted by Crippen LogP contribution is -2.26. The van der Waals surface area contributed by atoms with Crippen LogP contribution in [0.25, 0.3) is 0 Å². The van der Waals surface area contributed by atoms with Gasteiger partial charge in [0.1, 0.15) is 5.82 Å². The Bertz CT molecular complexity index is 357. The molecule has 1 aliphatic heterocycles. The molecule has 0 spiro atoms. The molecule has 1 heterocycles. The van der Waals surface area contributed by atoms with Gasteiger partial charge in [0.2, 0.25) is 0 Å². The van der Waals surface area contributed by atoms with E-state index in [1.165, 1.54) is 11.6 Å². The van der Waals surface area contributed by atoms with Crippen LogP contribution >= 0.6 is 12.4 Å². The summed E-state index contributed by atoms with van der Waals surface area (Å²) in [7, 11) is 0. The van der Waals surface area contributed by atoms with E-state index in [9.17, 15) is 4.39 Å². The van der Waals surface area contributed by atoms with Crippen LogP contribution in [0.2, 0.25) is 0 Å². The van der Waals surface area contributed by atoms with E-state index in [4.69, 9.17) is 5.73 Å². The molecular formula is C12H18ClFN2.